The van der Waals surface area contributed by atoms with Gasteiger partial charge in [-0.2, -0.15) is 0 Å². The number of carboxylic acids is 1. The zero-order chi connectivity index (χ0) is 12.8. The van der Waals surface area contributed by atoms with Crippen LogP contribution in [0.5, 0.6) is 0 Å². The molecule has 1 atom stereocenters. The molecule has 1 N–H and O–H groups in total. The average Bonchev–Trinajstić information content (AvgIpc) is 2.82. The van der Waals surface area contributed by atoms with Gasteiger partial charge in [0.15, 0.2) is 0 Å². The van der Waals surface area contributed by atoms with Crippen LogP contribution in [0.2, 0.25) is 0 Å². The number of carboxylic acid groups (broad SMARTS) is 1. The zero-order valence-corrected chi connectivity index (χ0v) is 10.3. The van der Waals surface area contributed by atoms with Crippen LogP contribution in [0.25, 0.3) is 0 Å². The summed E-state index contributed by atoms with van der Waals surface area (Å²) in [7, 11) is 0. The van der Waals surface area contributed by atoms with Gasteiger partial charge in [0.2, 0.25) is 0 Å². The van der Waals surface area contributed by atoms with Crippen molar-refractivity contribution in [1.82, 2.24) is 9.88 Å². The molecule has 98 valence electrons. The Kier molecular flexibility index (Phi) is 4.66. The van der Waals surface area contributed by atoms with E-state index >= 15 is 0 Å². The summed E-state index contributed by atoms with van der Waals surface area (Å²) < 4.78 is 5.55. The van der Waals surface area contributed by atoms with Gasteiger partial charge in [-0.1, -0.05) is 6.07 Å². The molecule has 0 amide bonds. The number of hydrogen-bond acceptors (Lipinski definition) is 4. The van der Waals surface area contributed by atoms with E-state index in [4.69, 9.17) is 9.84 Å². The smallest absolute Gasteiger partial charge is 0.317 e. The average molecular weight is 250 g/mol. The van der Waals surface area contributed by atoms with Gasteiger partial charge >= 0.3 is 5.97 Å². The first-order chi connectivity index (χ1) is 8.74. The molecule has 1 aliphatic rings. The van der Waals surface area contributed by atoms with Crippen molar-refractivity contribution in [3.8, 4) is 0 Å². The van der Waals surface area contributed by atoms with Gasteiger partial charge in [-0.25, -0.2) is 0 Å². The Morgan fingerprint density at radius 1 is 1.61 bits per heavy atom. The summed E-state index contributed by atoms with van der Waals surface area (Å²) in [4.78, 5) is 16.8. The number of hydrogen-bond donors (Lipinski definition) is 1. The van der Waals surface area contributed by atoms with Gasteiger partial charge in [0.1, 0.15) is 0 Å². The van der Waals surface area contributed by atoms with Crippen LogP contribution in [0.15, 0.2) is 24.5 Å². The van der Waals surface area contributed by atoms with Crippen molar-refractivity contribution in [3.05, 3.63) is 30.1 Å². The maximum atomic E-state index is 10.9. The molecule has 0 saturated carbocycles. The Balaban J connectivity index is 1.93. The van der Waals surface area contributed by atoms with E-state index in [0.29, 0.717) is 13.1 Å². The SMILES string of the molecule is O=C(O)CN(Cc1cccnc1)CC1CCCO1. The molecule has 2 heterocycles. The third-order valence-electron chi connectivity index (χ3n) is 2.97. The molecule has 0 bridgehead atoms. The maximum Gasteiger partial charge on any atom is 0.317 e. The maximum absolute atomic E-state index is 10.9. The summed E-state index contributed by atoms with van der Waals surface area (Å²) in [5.74, 6) is -0.808. The number of nitrogens with zero attached hydrogens (tertiary/aromatic N) is 2. The first-order valence-corrected chi connectivity index (χ1v) is 6.18. The summed E-state index contributed by atoms with van der Waals surface area (Å²) in [6.07, 6.45) is 5.73. The van der Waals surface area contributed by atoms with Crippen molar-refractivity contribution < 1.29 is 14.6 Å². The number of aliphatic carboxylic acids is 1. The van der Waals surface area contributed by atoms with Crippen LogP contribution in [-0.4, -0.2) is 46.8 Å². The summed E-state index contributed by atoms with van der Waals surface area (Å²) in [5.41, 5.74) is 1.02. The highest BCUT2D eigenvalue weighted by Gasteiger charge is 2.20. The third-order valence-corrected chi connectivity index (χ3v) is 2.97. The lowest BCUT2D eigenvalue weighted by atomic mass is 10.2. The Hall–Kier alpha value is -1.46. The summed E-state index contributed by atoms with van der Waals surface area (Å²) in [6, 6.07) is 3.82. The monoisotopic (exact) mass is 250 g/mol. The van der Waals surface area contributed by atoms with Gasteiger partial charge < -0.3 is 9.84 Å². The van der Waals surface area contributed by atoms with E-state index in [1.54, 1.807) is 12.4 Å². The molecule has 1 aliphatic heterocycles. The van der Waals surface area contributed by atoms with E-state index in [-0.39, 0.29) is 12.6 Å². The van der Waals surface area contributed by atoms with Crippen LogP contribution >= 0.6 is 0 Å². The second-order valence-corrected chi connectivity index (χ2v) is 4.56. The van der Waals surface area contributed by atoms with E-state index in [1.807, 2.05) is 17.0 Å². The van der Waals surface area contributed by atoms with Crippen molar-refractivity contribution >= 4 is 5.97 Å². The largest absolute Gasteiger partial charge is 0.480 e. The molecule has 5 heteroatoms. The van der Waals surface area contributed by atoms with Crippen molar-refractivity contribution in [2.75, 3.05) is 19.7 Å². The van der Waals surface area contributed by atoms with E-state index in [2.05, 4.69) is 4.98 Å². The minimum atomic E-state index is -0.808. The number of carbonyl (C=O) groups is 1. The number of aromatic nitrogens is 1. The zero-order valence-electron chi connectivity index (χ0n) is 10.3. The standard InChI is InChI=1S/C13H18N2O3/c16-13(17)10-15(9-12-4-2-6-18-12)8-11-3-1-5-14-7-11/h1,3,5,7,12H,2,4,6,8-10H2,(H,16,17). The van der Waals surface area contributed by atoms with Gasteiger partial charge in [-0.05, 0) is 24.5 Å². The molecule has 1 aromatic rings. The van der Waals surface area contributed by atoms with Gasteiger partial charge in [0, 0.05) is 32.1 Å². The number of ether oxygens (including phenoxy) is 1. The molecule has 1 unspecified atom stereocenters. The second-order valence-electron chi connectivity index (χ2n) is 4.56. The lowest BCUT2D eigenvalue weighted by Crippen LogP contribution is -2.35. The van der Waals surface area contributed by atoms with Gasteiger partial charge in [0.05, 0.1) is 12.6 Å². The van der Waals surface area contributed by atoms with Crippen molar-refractivity contribution in [1.29, 1.82) is 0 Å². The van der Waals surface area contributed by atoms with Crippen molar-refractivity contribution in [2.45, 2.75) is 25.5 Å². The molecule has 0 aromatic carbocycles. The molecular weight excluding hydrogens is 232 g/mol. The molecule has 0 spiro atoms. The fraction of sp³-hybridized carbons (Fsp3) is 0.538. The van der Waals surface area contributed by atoms with Crippen LogP contribution in [-0.2, 0) is 16.1 Å². The highest BCUT2D eigenvalue weighted by Crippen LogP contribution is 2.14. The number of pyridine rings is 1. The Bertz CT molecular complexity index is 377. The van der Waals surface area contributed by atoms with Gasteiger partial charge in [-0.3, -0.25) is 14.7 Å². The molecule has 0 aliphatic carbocycles. The second kappa shape index (κ2) is 6.47. The van der Waals surface area contributed by atoms with Crippen molar-refractivity contribution in [3.63, 3.8) is 0 Å². The van der Waals surface area contributed by atoms with Gasteiger partial charge in [-0.15, -0.1) is 0 Å². The van der Waals surface area contributed by atoms with E-state index in [1.165, 1.54) is 0 Å². The van der Waals surface area contributed by atoms with Gasteiger partial charge in [0.25, 0.3) is 0 Å². The summed E-state index contributed by atoms with van der Waals surface area (Å²) >= 11 is 0. The summed E-state index contributed by atoms with van der Waals surface area (Å²) in [5, 5.41) is 8.94. The lowest BCUT2D eigenvalue weighted by Gasteiger charge is -2.23. The van der Waals surface area contributed by atoms with Crippen molar-refractivity contribution in [2.24, 2.45) is 0 Å². The van der Waals surface area contributed by atoms with Crippen LogP contribution in [0.1, 0.15) is 18.4 Å². The van der Waals surface area contributed by atoms with E-state index in [0.717, 1.165) is 25.0 Å². The Labute approximate surface area is 106 Å². The molecule has 5 nitrogen and oxygen atoms in total. The first-order valence-electron chi connectivity index (χ1n) is 6.18. The summed E-state index contributed by atoms with van der Waals surface area (Å²) in [6.45, 7) is 2.09. The molecule has 0 radical (unpaired) electrons. The van der Waals surface area contributed by atoms with E-state index < -0.39 is 5.97 Å². The molecular formula is C13H18N2O3. The van der Waals surface area contributed by atoms with Crippen LogP contribution in [0.4, 0.5) is 0 Å². The minimum Gasteiger partial charge on any atom is -0.480 e. The van der Waals surface area contributed by atoms with Crippen LogP contribution in [0, 0.1) is 0 Å². The fourth-order valence-electron chi connectivity index (χ4n) is 2.20. The quantitative estimate of drug-likeness (QED) is 0.820. The molecule has 1 fully saturated rings. The Morgan fingerprint density at radius 2 is 2.50 bits per heavy atom. The predicted molar refractivity (Wildman–Crippen MR) is 66.1 cm³/mol. The topological polar surface area (TPSA) is 62.7 Å². The predicted octanol–water partition coefficient (Wildman–Crippen LogP) is 1.15. The first kappa shape index (κ1) is 13.0. The Morgan fingerprint density at radius 3 is 3.11 bits per heavy atom. The lowest BCUT2D eigenvalue weighted by molar-refractivity contribution is -0.138. The normalized spacial score (nSPS) is 19.3. The molecule has 2 rings (SSSR count). The fourth-order valence-corrected chi connectivity index (χ4v) is 2.20. The third kappa shape index (κ3) is 4.09. The molecule has 1 aromatic heterocycles. The highest BCUT2D eigenvalue weighted by molar-refractivity contribution is 5.69. The van der Waals surface area contributed by atoms with E-state index in [9.17, 15) is 4.79 Å². The minimum absolute atomic E-state index is 0.0365. The molecule has 18 heavy (non-hydrogen) atoms. The van der Waals surface area contributed by atoms with Crippen LogP contribution in [0.3, 0.4) is 0 Å². The highest BCUT2D eigenvalue weighted by atomic mass is 16.5. The number of rotatable bonds is 6. The molecule has 1 saturated heterocycles. The van der Waals surface area contributed by atoms with Crippen LogP contribution < -0.4 is 0 Å².